The van der Waals surface area contributed by atoms with Gasteiger partial charge in [-0.15, -0.1) is 22.7 Å². The van der Waals surface area contributed by atoms with E-state index in [1.807, 2.05) is 22.7 Å². The topological polar surface area (TPSA) is 6.48 Å². The summed E-state index contributed by atoms with van der Waals surface area (Å²) in [5.74, 6) is 0. The van der Waals surface area contributed by atoms with Crippen LogP contribution in [-0.2, 0) is 10.8 Å². The van der Waals surface area contributed by atoms with Crippen LogP contribution in [-0.4, -0.2) is 6.71 Å². The summed E-state index contributed by atoms with van der Waals surface area (Å²) in [6.07, 6.45) is 0. The summed E-state index contributed by atoms with van der Waals surface area (Å²) in [6.45, 7) is 14.0. The van der Waals surface area contributed by atoms with Gasteiger partial charge in [0, 0.05) is 74.5 Å². The van der Waals surface area contributed by atoms with Crippen molar-refractivity contribution in [1.29, 1.82) is 0 Å². The smallest absolute Gasteiger partial charge is 0.252 e. The zero-order chi connectivity index (χ0) is 45.3. The third-order valence-electron chi connectivity index (χ3n) is 14.4. The highest BCUT2D eigenvalue weighted by Gasteiger charge is 2.44. The molecule has 11 aromatic rings. The molecule has 2 aromatic heterocycles. The molecule has 0 amide bonds. The lowest BCUT2D eigenvalue weighted by atomic mass is 9.33. The number of hydrogen-bond donors (Lipinski definition) is 0. The summed E-state index contributed by atoms with van der Waals surface area (Å²) in [7, 11) is 0. The van der Waals surface area contributed by atoms with Crippen molar-refractivity contribution in [3.05, 3.63) is 199 Å². The Kier molecular flexibility index (Phi) is 8.91. The maximum Gasteiger partial charge on any atom is 0.252 e. The van der Waals surface area contributed by atoms with E-state index in [2.05, 4.69) is 239 Å². The van der Waals surface area contributed by atoms with Gasteiger partial charge in [-0.1, -0.05) is 157 Å². The molecule has 0 fully saturated rings. The second-order valence-electron chi connectivity index (χ2n) is 20.5. The molecule has 0 aliphatic carbocycles. The van der Waals surface area contributed by atoms with E-state index in [0.29, 0.717) is 0 Å². The summed E-state index contributed by atoms with van der Waals surface area (Å²) in [5, 5.41) is 5.33. The van der Waals surface area contributed by atoms with Crippen molar-refractivity contribution < 1.29 is 0 Å². The normalized spacial score (nSPS) is 13.4. The zero-order valence-electron chi connectivity index (χ0n) is 38.7. The van der Waals surface area contributed by atoms with Crippen molar-refractivity contribution in [2.45, 2.75) is 52.4 Å². The average Bonchev–Trinajstić information content (AvgIpc) is 3.92. The molecule has 0 atom stereocenters. The summed E-state index contributed by atoms with van der Waals surface area (Å²) in [5.41, 5.74) is 18.9. The van der Waals surface area contributed by atoms with Crippen LogP contribution in [0.25, 0.3) is 62.6 Å². The standard InChI is InChI=1S/C62H49BN2S2/c1-61(2,3)40-28-34-48-52(36-40)64(42-30-24-38(25-31-42)44-16-11-22-56-58(44)46-14-7-9-20-54(46)66-56)50-18-13-19-51-60(50)63(48)49-35-29-41(62(4,5)6)37-53(49)65(51)43-32-26-39(27-33-43)45-17-12-23-57-59(45)47-15-8-10-21-55(47)67-57/h7-37H,1-6H3. The molecule has 0 radical (unpaired) electrons. The van der Waals surface area contributed by atoms with E-state index in [-0.39, 0.29) is 17.5 Å². The van der Waals surface area contributed by atoms with E-state index < -0.39 is 0 Å². The number of rotatable bonds is 4. The third kappa shape index (κ3) is 6.28. The number of anilines is 6. The largest absolute Gasteiger partial charge is 0.311 e. The van der Waals surface area contributed by atoms with Crippen molar-refractivity contribution in [1.82, 2.24) is 0 Å². The van der Waals surface area contributed by atoms with Crippen LogP contribution in [0.15, 0.2) is 188 Å². The molecule has 2 aliphatic heterocycles. The van der Waals surface area contributed by atoms with Crippen LogP contribution < -0.4 is 26.2 Å². The molecule has 0 spiro atoms. The first-order valence-electron chi connectivity index (χ1n) is 23.5. The van der Waals surface area contributed by atoms with Crippen molar-refractivity contribution in [2.75, 3.05) is 9.80 Å². The zero-order valence-corrected chi connectivity index (χ0v) is 40.3. The average molecular weight is 897 g/mol. The van der Waals surface area contributed by atoms with Gasteiger partial charge in [0.2, 0.25) is 0 Å². The molecule has 4 heterocycles. The van der Waals surface area contributed by atoms with E-state index in [9.17, 15) is 0 Å². The van der Waals surface area contributed by atoms with Gasteiger partial charge in [-0.3, -0.25) is 0 Å². The molecule has 5 heteroatoms. The first kappa shape index (κ1) is 40.4. The molecule has 0 unspecified atom stereocenters. The Hall–Kier alpha value is -6.92. The van der Waals surface area contributed by atoms with Crippen molar-refractivity contribution in [3.63, 3.8) is 0 Å². The summed E-state index contributed by atoms with van der Waals surface area (Å²) in [4.78, 5) is 5.10. The summed E-state index contributed by atoms with van der Waals surface area (Å²) in [6, 6.07) is 71.4. The lowest BCUT2D eigenvalue weighted by Crippen LogP contribution is -2.61. The first-order chi connectivity index (χ1) is 32.5. The number of hydrogen-bond acceptors (Lipinski definition) is 4. The fourth-order valence-corrected chi connectivity index (χ4v) is 13.3. The maximum atomic E-state index is 2.55. The first-order valence-corrected chi connectivity index (χ1v) is 25.2. The molecule has 0 saturated heterocycles. The van der Waals surface area contributed by atoms with Gasteiger partial charge in [0.05, 0.1) is 0 Å². The minimum absolute atomic E-state index is 0.0221. The second-order valence-corrected chi connectivity index (χ2v) is 22.7. The van der Waals surface area contributed by atoms with Crippen molar-refractivity contribution >= 4 is 120 Å². The number of benzene rings is 9. The van der Waals surface area contributed by atoms with Crippen molar-refractivity contribution in [3.8, 4) is 22.3 Å². The van der Waals surface area contributed by atoms with Crippen LogP contribution in [0.3, 0.4) is 0 Å². The SMILES string of the molecule is CC(C)(C)c1ccc2c(c1)N(c1ccc(-c3cccc4sc5ccccc5c34)cc1)c1cccc3c1B2c1ccc(C(C)(C)C)cc1N3c1ccc(-c2cccc3sc4ccccc4c23)cc1. The van der Waals surface area contributed by atoms with Gasteiger partial charge < -0.3 is 9.80 Å². The van der Waals surface area contributed by atoms with Gasteiger partial charge in [-0.25, -0.2) is 0 Å². The number of thiophene rings is 2. The summed E-state index contributed by atoms with van der Waals surface area (Å²) >= 11 is 3.75. The van der Waals surface area contributed by atoms with E-state index >= 15 is 0 Å². The molecule has 9 aromatic carbocycles. The van der Waals surface area contributed by atoms with Gasteiger partial charge >= 0.3 is 0 Å². The second kappa shape index (κ2) is 14.8. The van der Waals surface area contributed by atoms with Gasteiger partial charge in [-0.2, -0.15) is 0 Å². The molecular formula is C62H49BN2S2. The van der Waals surface area contributed by atoms with Gasteiger partial charge in [0.15, 0.2) is 0 Å². The maximum absolute atomic E-state index is 2.55. The molecule has 0 saturated carbocycles. The Bertz CT molecular complexity index is 3540. The number of fused-ring (bicyclic) bond motifs is 10. The van der Waals surface area contributed by atoms with Crippen molar-refractivity contribution in [2.24, 2.45) is 0 Å². The van der Waals surface area contributed by atoms with Gasteiger partial charge in [-0.05, 0) is 133 Å². The minimum atomic E-state index is -0.0221. The Morgan fingerprint density at radius 2 is 0.776 bits per heavy atom. The van der Waals surface area contributed by atoms with Crippen LogP contribution in [0.1, 0.15) is 52.7 Å². The predicted molar refractivity (Wildman–Crippen MR) is 295 cm³/mol. The highest BCUT2D eigenvalue weighted by Crippen LogP contribution is 2.48. The number of nitrogens with zero attached hydrogens (tertiary/aromatic N) is 2. The highest BCUT2D eigenvalue weighted by atomic mass is 32.1. The molecule has 67 heavy (non-hydrogen) atoms. The van der Waals surface area contributed by atoms with E-state index in [0.717, 1.165) is 11.4 Å². The fraction of sp³-hybridized carbons (Fsp3) is 0.129. The molecule has 13 rings (SSSR count). The quantitative estimate of drug-likeness (QED) is 0.162. The van der Waals surface area contributed by atoms with Crippen LogP contribution in [0.4, 0.5) is 34.1 Å². The predicted octanol–water partition coefficient (Wildman–Crippen LogP) is 16.4. The Balaban J connectivity index is 0.995. The van der Waals surface area contributed by atoms with Gasteiger partial charge in [0.25, 0.3) is 6.71 Å². The third-order valence-corrected chi connectivity index (χ3v) is 16.7. The lowest BCUT2D eigenvalue weighted by molar-refractivity contribution is 0.590. The summed E-state index contributed by atoms with van der Waals surface area (Å²) < 4.78 is 5.31. The Labute approximate surface area is 401 Å². The van der Waals surface area contributed by atoms with E-state index in [1.54, 1.807) is 0 Å². The van der Waals surface area contributed by atoms with Crippen LogP contribution in [0.2, 0.25) is 0 Å². The molecule has 0 N–H and O–H groups in total. The van der Waals surface area contributed by atoms with E-state index in [4.69, 9.17) is 0 Å². The Morgan fingerprint density at radius 1 is 0.373 bits per heavy atom. The molecule has 0 bridgehead atoms. The molecule has 322 valence electrons. The molecule has 2 nitrogen and oxygen atoms in total. The van der Waals surface area contributed by atoms with E-state index in [1.165, 1.54) is 113 Å². The molecule has 2 aliphatic rings. The fourth-order valence-electron chi connectivity index (χ4n) is 11.0. The van der Waals surface area contributed by atoms with Crippen LogP contribution in [0.5, 0.6) is 0 Å². The van der Waals surface area contributed by atoms with Crippen LogP contribution in [0, 0.1) is 0 Å². The molecular weight excluding hydrogens is 848 g/mol. The highest BCUT2D eigenvalue weighted by molar-refractivity contribution is 7.26. The minimum Gasteiger partial charge on any atom is -0.311 e. The van der Waals surface area contributed by atoms with Crippen LogP contribution >= 0.6 is 22.7 Å². The monoisotopic (exact) mass is 896 g/mol. The lowest BCUT2D eigenvalue weighted by Gasteiger charge is -2.44. The van der Waals surface area contributed by atoms with Gasteiger partial charge in [0.1, 0.15) is 0 Å². The Morgan fingerprint density at radius 3 is 1.21 bits per heavy atom.